The topological polar surface area (TPSA) is 0 Å². The smallest absolute Gasteiger partial charge is 0.0590 e. The maximum Gasteiger partial charge on any atom is 0.0701 e. The summed E-state index contributed by atoms with van der Waals surface area (Å²) in [6.45, 7) is 23.6. The van der Waals surface area contributed by atoms with Gasteiger partial charge in [0, 0.05) is 0 Å². The molecule has 0 atom stereocenters. The Morgan fingerprint density at radius 3 is 0.556 bits per heavy atom. The zero-order valence-electron chi connectivity index (χ0n) is 34.4. The van der Waals surface area contributed by atoms with Gasteiger partial charge in [-0.05, 0) is 110 Å². The van der Waals surface area contributed by atoms with Crippen molar-refractivity contribution in [3.63, 3.8) is 0 Å². The zero-order valence-corrected chi connectivity index (χ0v) is 34.4. The second-order valence-electron chi connectivity index (χ2n) is 15.6. The highest BCUT2D eigenvalue weighted by molar-refractivity contribution is 5.67. The van der Waals surface area contributed by atoms with Crippen molar-refractivity contribution in [1.29, 1.82) is 0 Å². The molecule has 7 aromatic rings. The van der Waals surface area contributed by atoms with Crippen molar-refractivity contribution in [2.75, 3.05) is 0 Å². The van der Waals surface area contributed by atoms with E-state index >= 15 is 0 Å². The van der Waals surface area contributed by atoms with Gasteiger partial charge in [0.25, 0.3) is 0 Å². The lowest BCUT2D eigenvalue weighted by molar-refractivity contribution is 0.743. The first-order valence-corrected chi connectivity index (χ1v) is 19.2. The first-order valence-electron chi connectivity index (χ1n) is 19.2. The Labute approximate surface area is 326 Å². The Hall–Kier alpha value is -5.46. The van der Waals surface area contributed by atoms with E-state index in [1.807, 2.05) is 0 Å². The van der Waals surface area contributed by atoms with Crippen molar-refractivity contribution in [1.82, 2.24) is 0 Å². The van der Waals surface area contributed by atoms with Gasteiger partial charge >= 0.3 is 0 Å². The van der Waals surface area contributed by atoms with Crippen LogP contribution in [0.25, 0.3) is 11.1 Å². The second-order valence-corrected chi connectivity index (χ2v) is 15.6. The Balaban J connectivity index is 0.000000186. The molecule has 0 heterocycles. The number of aryl methyl sites for hydroxylation is 11. The summed E-state index contributed by atoms with van der Waals surface area (Å²) < 4.78 is 0. The normalized spacial score (nSPS) is 10.9. The van der Waals surface area contributed by atoms with Crippen LogP contribution in [0.4, 0.5) is 0 Å². The molecule has 7 aromatic carbocycles. The van der Waals surface area contributed by atoms with Crippen molar-refractivity contribution in [3.05, 3.63) is 235 Å². The molecule has 7 rings (SSSR count). The summed E-state index contributed by atoms with van der Waals surface area (Å²) in [4.78, 5) is 0. The van der Waals surface area contributed by atoms with E-state index in [1.54, 1.807) is 0 Å². The van der Waals surface area contributed by atoms with Gasteiger partial charge in [0.05, 0.1) is 5.41 Å². The largest absolute Gasteiger partial charge is 0.0701 e. The minimum absolute atomic E-state index is 0.358. The summed E-state index contributed by atoms with van der Waals surface area (Å²) in [7, 11) is 0. The predicted molar refractivity (Wildman–Crippen MR) is 235 cm³/mol. The molecule has 0 radical (unpaired) electrons. The van der Waals surface area contributed by atoms with E-state index in [1.165, 1.54) is 94.6 Å². The van der Waals surface area contributed by atoms with Gasteiger partial charge in [-0.1, -0.05) is 213 Å². The van der Waals surface area contributed by atoms with Gasteiger partial charge in [-0.3, -0.25) is 0 Å². The second kappa shape index (κ2) is 17.6. The molecule has 0 unspecified atom stereocenters. The first-order chi connectivity index (χ1) is 25.7. The number of benzene rings is 7. The van der Waals surface area contributed by atoms with Crippen LogP contribution in [0.2, 0.25) is 0 Å². The average Bonchev–Trinajstić information content (AvgIpc) is 3.10. The fraction of sp³-hybridized carbons (Fsp3) is 0.222. The Morgan fingerprint density at radius 2 is 0.370 bits per heavy atom. The molecule has 0 fully saturated rings. The lowest BCUT2D eigenvalue weighted by Gasteiger charge is -2.37. The van der Waals surface area contributed by atoms with Crippen molar-refractivity contribution < 1.29 is 0 Å². The molecule has 0 heteroatoms. The van der Waals surface area contributed by atoms with Crippen LogP contribution < -0.4 is 0 Å². The summed E-state index contributed by atoms with van der Waals surface area (Å²) in [6.07, 6.45) is 0. The lowest BCUT2D eigenvalue weighted by Crippen LogP contribution is -2.31. The molecular formula is C54H58. The van der Waals surface area contributed by atoms with Crippen molar-refractivity contribution in [2.45, 2.75) is 81.6 Å². The van der Waals surface area contributed by atoms with E-state index in [4.69, 9.17) is 0 Å². The van der Waals surface area contributed by atoms with E-state index in [2.05, 4.69) is 228 Å². The van der Waals surface area contributed by atoms with E-state index in [9.17, 15) is 0 Å². The maximum absolute atomic E-state index is 2.29. The molecule has 0 aliphatic rings. The Morgan fingerprint density at radius 1 is 0.204 bits per heavy atom. The fourth-order valence-electron chi connectivity index (χ4n) is 7.70. The SMILES string of the molecule is Cc1cc(C)cc(-c2cc(C)cc(C)c2)c1.Cc1cc(C)cc(C)c1.Cc1ccc(C(c2ccc(C)cc2)(c2ccc(C)cc2)c2ccc(C)cc2)cc1. The average molecular weight is 707 g/mol. The minimum atomic E-state index is -0.358. The fourth-order valence-corrected chi connectivity index (χ4v) is 7.70. The molecule has 0 aromatic heterocycles. The van der Waals surface area contributed by atoms with Crippen LogP contribution in [-0.2, 0) is 5.41 Å². The van der Waals surface area contributed by atoms with Gasteiger partial charge in [-0.25, -0.2) is 0 Å². The molecule has 0 amide bonds. The molecule has 0 aliphatic carbocycles. The number of hydrogen-bond acceptors (Lipinski definition) is 0. The van der Waals surface area contributed by atoms with Crippen molar-refractivity contribution in [3.8, 4) is 11.1 Å². The molecular weight excluding hydrogens is 649 g/mol. The molecule has 0 saturated heterocycles. The van der Waals surface area contributed by atoms with Gasteiger partial charge < -0.3 is 0 Å². The zero-order chi connectivity index (χ0) is 39.0. The van der Waals surface area contributed by atoms with Crippen LogP contribution >= 0.6 is 0 Å². The van der Waals surface area contributed by atoms with Crippen molar-refractivity contribution >= 4 is 0 Å². The highest BCUT2D eigenvalue weighted by Gasteiger charge is 2.38. The van der Waals surface area contributed by atoms with Crippen LogP contribution in [0.3, 0.4) is 0 Å². The summed E-state index contributed by atoms with van der Waals surface area (Å²) in [5.41, 5.74) is 21.9. The summed E-state index contributed by atoms with van der Waals surface area (Å²) in [6, 6.07) is 56.1. The first kappa shape index (κ1) is 39.7. The minimum Gasteiger partial charge on any atom is -0.0590 e. The van der Waals surface area contributed by atoms with Crippen LogP contribution in [0.5, 0.6) is 0 Å². The standard InChI is InChI=1S/C29H28.C16H18.C9H12/c1-21-5-13-25(14-6-21)29(26-15-7-22(2)8-16-26,27-17-9-23(3)10-18-27)28-19-11-24(4)12-20-28;1-11-5-12(2)8-15(7-11)16-9-13(3)6-14(4)10-16;1-7-4-8(2)6-9(3)5-7/h5-20H,1-4H3;5-10H,1-4H3;4-6H,1-3H3. The van der Waals surface area contributed by atoms with E-state index in [-0.39, 0.29) is 5.41 Å². The summed E-state index contributed by atoms with van der Waals surface area (Å²) in [5.74, 6) is 0. The van der Waals surface area contributed by atoms with Crippen LogP contribution in [0.1, 0.15) is 83.5 Å². The van der Waals surface area contributed by atoms with E-state index in [0.29, 0.717) is 0 Å². The highest BCUT2D eigenvalue weighted by Crippen LogP contribution is 2.45. The third-order valence-electron chi connectivity index (χ3n) is 10.1. The third-order valence-corrected chi connectivity index (χ3v) is 10.1. The molecule has 0 nitrogen and oxygen atoms in total. The molecule has 54 heavy (non-hydrogen) atoms. The molecule has 0 N–H and O–H groups in total. The van der Waals surface area contributed by atoms with Gasteiger partial charge in [0.15, 0.2) is 0 Å². The molecule has 0 saturated carbocycles. The Bertz CT molecular complexity index is 1950. The van der Waals surface area contributed by atoms with Crippen LogP contribution in [0.15, 0.2) is 152 Å². The van der Waals surface area contributed by atoms with Gasteiger partial charge in [-0.2, -0.15) is 0 Å². The highest BCUT2D eigenvalue weighted by atomic mass is 14.4. The van der Waals surface area contributed by atoms with Gasteiger partial charge in [0.2, 0.25) is 0 Å². The monoisotopic (exact) mass is 706 g/mol. The molecule has 0 bridgehead atoms. The van der Waals surface area contributed by atoms with Gasteiger partial charge in [-0.15, -0.1) is 0 Å². The van der Waals surface area contributed by atoms with Crippen molar-refractivity contribution in [2.24, 2.45) is 0 Å². The molecule has 0 aliphatic heterocycles. The van der Waals surface area contributed by atoms with Gasteiger partial charge in [0.1, 0.15) is 0 Å². The lowest BCUT2D eigenvalue weighted by atomic mass is 9.65. The van der Waals surface area contributed by atoms with E-state index in [0.717, 1.165) is 0 Å². The van der Waals surface area contributed by atoms with Crippen LogP contribution in [-0.4, -0.2) is 0 Å². The third kappa shape index (κ3) is 9.94. The number of hydrogen-bond donors (Lipinski definition) is 0. The quantitative estimate of drug-likeness (QED) is 0.156. The Kier molecular flexibility index (Phi) is 12.9. The summed E-state index contributed by atoms with van der Waals surface area (Å²) in [5, 5.41) is 0. The van der Waals surface area contributed by atoms with E-state index < -0.39 is 0 Å². The maximum atomic E-state index is 2.29. The summed E-state index contributed by atoms with van der Waals surface area (Å²) >= 11 is 0. The molecule has 274 valence electrons. The predicted octanol–water partition coefficient (Wildman–Crippen LogP) is 14.5. The molecule has 0 spiro atoms. The van der Waals surface area contributed by atoms with Crippen LogP contribution in [0, 0.1) is 76.2 Å². The number of rotatable bonds is 5.